The number of aromatic nitrogens is 2. The maximum Gasteiger partial charge on any atom is 0.312 e. The molecule has 4 saturated carbocycles. The first kappa shape index (κ1) is 21.9. The van der Waals surface area contributed by atoms with Gasteiger partial charge in [-0.2, -0.15) is 0 Å². The van der Waals surface area contributed by atoms with Crippen LogP contribution in [0.15, 0.2) is 23.1 Å². The van der Waals surface area contributed by atoms with Gasteiger partial charge in [-0.3, -0.25) is 4.79 Å². The molecule has 174 valence electrons. The van der Waals surface area contributed by atoms with Crippen molar-refractivity contribution in [3.8, 4) is 0 Å². The van der Waals surface area contributed by atoms with Gasteiger partial charge in [0.25, 0.3) is 0 Å². The summed E-state index contributed by atoms with van der Waals surface area (Å²) in [5.74, 6) is 1.17. The van der Waals surface area contributed by atoms with Gasteiger partial charge in [0.1, 0.15) is 12.4 Å². The molecule has 9 heteroatoms. The number of rotatable bonds is 7. The SMILES string of the molecule is CCCCn1c(COC(=O)C23C[C@H]4C[C@@H](CC(O)(C4)C2)C3)nc2cc(S(N)(=O)=O)ccc21. The van der Waals surface area contributed by atoms with Crippen molar-refractivity contribution in [3.05, 3.63) is 24.0 Å². The van der Waals surface area contributed by atoms with Gasteiger partial charge in [-0.25, -0.2) is 18.5 Å². The van der Waals surface area contributed by atoms with Crippen molar-refractivity contribution in [2.45, 2.75) is 81.9 Å². The van der Waals surface area contributed by atoms with E-state index in [0.717, 1.165) is 50.5 Å². The Balaban J connectivity index is 1.40. The first-order valence-corrected chi connectivity index (χ1v) is 13.1. The lowest BCUT2D eigenvalue weighted by Crippen LogP contribution is -2.58. The lowest BCUT2D eigenvalue weighted by Gasteiger charge is -2.58. The second-order valence-corrected chi connectivity index (χ2v) is 11.8. The van der Waals surface area contributed by atoms with Gasteiger partial charge in [-0.05, 0) is 75.0 Å². The molecule has 1 aromatic carbocycles. The summed E-state index contributed by atoms with van der Waals surface area (Å²) in [4.78, 5) is 17.9. The van der Waals surface area contributed by atoms with Gasteiger partial charge < -0.3 is 14.4 Å². The lowest BCUT2D eigenvalue weighted by molar-refractivity contribution is -0.197. The molecule has 32 heavy (non-hydrogen) atoms. The van der Waals surface area contributed by atoms with Crippen molar-refractivity contribution >= 4 is 27.0 Å². The molecule has 8 nitrogen and oxygen atoms in total. The molecular weight excluding hydrogens is 430 g/mol. The van der Waals surface area contributed by atoms with Gasteiger partial charge in [-0.1, -0.05) is 13.3 Å². The number of esters is 1. The van der Waals surface area contributed by atoms with Crippen LogP contribution in [0.25, 0.3) is 11.0 Å². The monoisotopic (exact) mass is 461 g/mol. The number of hydrogen-bond donors (Lipinski definition) is 2. The standard InChI is InChI=1S/C23H31N3O5S/c1-2-3-6-26-19-5-4-17(32(24,29)30)8-18(19)25-20(26)13-31-21(27)22-9-15-7-16(10-22)12-23(28,11-15)14-22/h4-5,8,15-16,28H,2-3,6-7,9-14H2,1H3,(H2,24,29,30)/t15-,16-,22?,23?/m1/s1. The second-order valence-electron chi connectivity index (χ2n) is 10.3. The summed E-state index contributed by atoms with van der Waals surface area (Å²) in [5, 5.41) is 16.2. The normalized spacial score (nSPS) is 31.3. The maximum absolute atomic E-state index is 13.3. The highest BCUT2D eigenvalue weighted by Gasteiger charge is 2.60. The third-order valence-corrected chi connectivity index (χ3v) is 8.57. The Kier molecular flexibility index (Phi) is 5.14. The van der Waals surface area contributed by atoms with E-state index in [9.17, 15) is 18.3 Å². The number of hydrogen-bond acceptors (Lipinski definition) is 6. The van der Waals surface area contributed by atoms with Crippen LogP contribution >= 0.6 is 0 Å². The Morgan fingerprint density at radius 1 is 1.28 bits per heavy atom. The molecule has 0 spiro atoms. The number of aryl methyl sites for hydroxylation is 1. The number of imidazole rings is 1. The van der Waals surface area contributed by atoms with E-state index in [2.05, 4.69) is 11.9 Å². The quantitative estimate of drug-likeness (QED) is 0.611. The number of fused-ring (bicyclic) bond motifs is 1. The molecule has 0 amide bonds. The molecule has 2 aromatic rings. The van der Waals surface area contributed by atoms with E-state index in [1.807, 2.05) is 4.57 Å². The van der Waals surface area contributed by atoms with Crippen LogP contribution < -0.4 is 5.14 Å². The summed E-state index contributed by atoms with van der Waals surface area (Å²) in [6.45, 7) is 2.82. The smallest absolute Gasteiger partial charge is 0.312 e. The molecule has 4 bridgehead atoms. The zero-order valence-electron chi connectivity index (χ0n) is 18.4. The number of primary sulfonamides is 1. The number of aliphatic hydroxyl groups is 1. The summed E-state index contributed by atoms with van der Waals surface area (Å²) in [7, 11) is -3.83. The summed E-state index contributed by atoms with van der Waals surface area (Å²) in [5.41, 5.74) is 0.00490. The molecule has 0 radical (unpaired) electrons. The van der Waals surface area contributed by atoms with E-state index in [1.54, 1.807) is 6.07 Å². The predicted molar refractivity (Wildman–Crippen MR) is 118 cm³/mol. The number of benzene rings is 1. The highest BCUT2D eigenvalue weighted by Crippen LogP contribution is 2.62. The van der Waals surface area contributed by atoms with Crippen LogP contribution in [-0.2, 0) is 32.7 Å². The third kappa shape index (κ3) is 3.74. The third-order valence-electron chi connectivity index (χ3n) is 7.66. The average molecular weight is 462 g/mol. The summed E-state index contributed by atoms with van der Waals surface area (Å²) >= 11 is 0. The Labute approximate surface area is 188 Å². The minimum atomic E-state index is -3.83. The number of nitrogens with zero attached hydrogens (tertiary/aromatic N) is 2. The molecule has 4 fully saturated rings. The number of carbonyl (C=O) groups is 1. The van der Waals surface area contributed by atoms with Gasteiger partial charge >= 0.3 is 5.97 Å². The van der Waals surface area contributed by atoms with Gasteiger partial charge in [-0.15, -0.1) is 0 Å². The topological polar surface area (TPSA) is 125 Å². The summed E-state index contributed by atoms with van der Waals surface area (Å²) in [6.07, 6.45) is 6.72. The average Bonchev–Trinajstić information content (AvgIpc) is 3.04. The molecule has 4 aliphatic rings. The fourth-order valence-electron chi connectivity index (χ4n) is 6.75. The molecular formula is C23H31N3O5S. The molecule has 1 aromatic heterocycles. The van der Waals surface area contributed by atoms with Crippen LogP contribution in [-0.4, -0.2) is 34.6 Å². The van der Waals surface area contributed by atoms with Crippen LogP contribution in [0, 0.1) is 17.3 Å². The Bertz CT molecular complexity index is 1160. The fourth-order valence-corrected chi connectivity index (χ4v) is 7.28. The molecule has 0 unspecified atom stereocenters. The number of sulfonamides is 1. The minimum absolute atomic E-state index is 0.00972. The summed E-state index contributed by atoms with van der Waals surface area (Å²) < 4.78 is 31.3. The van der Waals surface area contributed by atoms with Crippen LogP contribution in [0.5, 0.6) is 0 Å². The van der Waals surface area contributed by atoms with Crippen molar-refractivity contribution in [2.24, 2.45) is 22.4 Å². The Morgan fingerprint density at radius 2 is 2.00 bits per heavy atom. The van der Waals surface area contributed by atoms with E-state index in [4.69, 9.17) is 9.88 Å². The number of nitrogens with two attached hydrogens (primary N) is 1. The highest BCUT2D eigenvalue weighted by molar-refractivity contribution is 7.89. The molecule has 2 atom stereocenters. The van der Waals surface area contributed by atoms with Gasteiger partial charge in [0, 0.05) is 6.54 Å². The van der Waals surface area contributed by atoms with Gasteiger partial charge in [0.15, 0.2) is 0 Å². The molecule has 4 aliphatic carbocycles. The number of ether oxygens (including phenoxy) is 1. The number of unbranched alkanes of at least 4 members (excludes halogenated alkanes) is 1. The Morgan fingerprint density at radius 3 is 2.62 bits per heavy atom. The largest absolute Gasteiger partial charge is 0.457 e. The van der Waals surface area contributed by atoms with Crippen LogP contribution in [0.2, 0.25) is 0 Å². The molecule has 0 saturated heterocycles. The molecule has 0 aliphatic heterocycles. The van der Waals surface area contributed by atoms with E-state index in [-0.39, 0.29) is 17.5 Å². The zero-order valence-corrected chi connectivity index (χ0v) is 19.2. The maximum atomic E-state index is 13.3. The second kappa shape index (κ2) is 7.53. The summed E-state index contributed by atoms with van der Waals surface area (Å²) in [6, 6.07) is 4.65. The van der Waals surface area contributed by atoms with Crippen molar-refractivity contribution in [1.29, 1.82) is 0 Å². The Hall–Kier alpha value is -1.97. The van der Waals surface area contributed by atoms with E-state index < -0.39 is 21.0 Å². The van der Waals surface area contributed by atoms with Crippen molar-refractivity contribution in [1.82, 2.24) is 9.55 Å². The first-order valence-electron chi connectivity index (χ1n) is 11.5. The van der Waals surface area contributed by atoms with E-state index in [0.29, 0.717) is 36.1 Å². The predicted octanol–water partition coefficient (Wildman–Crippen LogP) is 2.86. The van der Waals surface area contributed by atoms with Crippen molar-refractivity contribution < 1.29 is 23.1 Å². The van der Waals surface area contributed by atoms with Crippen LogP contribution in [0.3, 0.4) is 0 Å². The molecule has 6 rings (SSSR count). The highest BCUT2D eigenvalue weighted by atomic mass is 32.2. The number of carbonyl (C=O) groups excluding carboxylic acids is 1. The van der Waals surface area contributed by atoms with Gasteiger partial charge in [0.2, 0.25) is 10.0 Å². The van der Waals surface area contributed by atoms with Crippen LogP contribution in [0.1, 0.15) is 64.1 Å². The van der Waals surface area contributed by atoms with E-state index in [1.165, 1.54) is 12.1 Å². The lowest BCUT2D eigenvalue weighted by atomic mass is 9.48. The van der Waals surface area contributed by atoms with Crippen molar-refractivity contribution in [2.75, 3.05) is 0 Å². The van der Waals surface area contributed by atoms with Crippen LogP contribution in [0.4, 0.5) is 0 Å². The first-order chi connectivity index (χ1) is 15.1. The van der Waals surface area contributed by atoms with E-state index >= 15 is 0 Å². The molecule has 3 N–H and O–H groups in total. The minimum Gasteiger partial charge on any atom is -0.457 e. The zero-order chi connectivity index (χ0) is 22.7. The fraction of sp³-hybridized carbons (Fsp3) is 0.652. The van der Waals surface area contributed by atoms with Gasteiger partial charge in [0.05, 0.1) is 26.9 Å². The van der Waals surface area contributed by atoms with Crippen molar-refractivity contribution in [3.63, 3.8) is 0 Å². The molecule has 1 heterocycles.